The zero-order valence-electron chi connectivity index (χ0n) is 17.6. The predicted octanol–water partition coefficient (Wildman–Crippen LogP) is 4.96. The van der Waals surface area contributed by atoms with Gasteiger partial charge in [0.2, 0.25) is 0 Å². The van der Waals surface area contributed by atoms with Gasteiger partial charge < -0.3 is 14.1 Å². The number of para-hydroxylation sites is 1. The number of aryl methyl sites for hydroxylation is 1. The van der Waals surface area contributed by atoms with E-state index in [1.165, 1.54) is 16.9 Å². The van der Waals surface area contributed by atoms with Crippen LogP contribution in [0.4, 0.5) is 5.13 Å². The molecule has 0 aliphatic rings. The van der Waals surface area contributed by atoms with Crippen LogP contribution in [0.3, 0.4) is 0 Å². The third-order valence-electron chi connectivity index (χ3n) is 4.80. The molecule has 0 N–H and O–H groups in total. The van der Waals surface area contributed by atoms with Gasteiger partial charge in [0.1, 0.15) is 0 Å². The molecule has 0 saturated carbocycles. The van der Waals surface area contributed by atoms with Crippen molar-refractivity contribution < 1.29 is 13.9 Å². The van der Waals surface area contributed by atoms with E-state index in [2.05, 4.69) is 13.0 Å². The zero-order chi connectivity index (χ0) is 21.3. The summed E-state index contributed by atoms with van der Waals surface area (Å²) in [6, 6.07) is 13.6. The number of hydrogen-bond acceptors (Lipinski definition) is 6. The van der Waals surface area contributed by atoms with E-state index in [1.54, 1.807) is 11.0 Å². The van der Waals surface area contributed by atoms with E-state index >= 15 is 0 Å². The maximum absolute atomic E-state index is 13.5. The Balaban J connectivity index is 1.73. The van der Waals surface area contributed by atoms with Crippen molar-refractivity contribution in [1.82, 2.24) is 9.88 Å². The minimum absolute atomic E-state index is 0.203. The summed E-state index contributed by atoms with van der Waals surface area (Å²) in [5.41, 5.74) is 2.66. The number of thiazole rings is 1. The fourth-order valence-corrected chi connectivity index (χ4v) is 4.35. The molecular formula is C23H25N3O3S. The van der Waals surface area contributed by atoms with Crippen LogP contribution >= 0.6 is 11.3 Å². The number of anilines is 1. The first-order chi connectivity index (χ1) is 14.5. The molecule has 0 aliphatic carbocycles. The lowest BCUT2D eigenvalue weighted by atomic mass is 10.2. The lowest BCUT2D eigenvalue weighted by Gasteiger charge is -2.20. The molecule has 0 fully saturated rings. The summed E-state index contributed by atoms with van der Waals surface area (Å²) in [6.07, 6.45) is 0. The lowest BCUT2D eigenvalue weighted by molar-refractivity contribution is 0.0960. The molecule has 0 spiro atoms. The number of ether oxygens (including phenoxy) is 1. The summed E-state index contributed by atoms with van der Waals surface area (Å²) in [4.78, 5) is 21.9. The van der Waals surface area contributed by atoms with Gasteiger partial charge in [-0.25, -0.2) is 4.98 Å². The highest BCUT2D eigenvalue weighted by molar-refractivity contribution is 7.22. The zero-order valence-corrected chi connectivity index (χ0v) is 18.5. The highest BCUT2D eigenvalue weighted by Crippen LogP contribution is 2.33. The van der Waals surface area contributed by atoms with Crippen LogP contribution in [0.15, 0.2) is 46.9 Å². The standard InChI is InChI=1S/C23H25N3O3S/c1-5-28-18-8-6-7-16-14-19(29-21(16)18)22(27)26(12-11-25(3)4)23-24-17-10-9-15(2)13-20(17)30-23/h6-10,13-14H,5,11-12H2,1-4H3. The maximum atomic E-state index is 13.5. The number of rotatable bonds is 7. The molecule has 2 heterocycles. The summed E-state index contributed by atoms with van der Waals surface area (Å²) in [6.45, 7) is 5.73. The van der Waals surface area contributed by atoms with Crippen molar-refractivity contribution in [3.05, 3.63) is 53.8 Å². The number of fused-ring (bicyclic) bond motifs is 2. The van der Waals surface area contributed by atoms with Gasteiger partial charge in [0.25, 0.3) is 5.91 Å². The van der Waals surface area contributed by atoms with E-state index in [0.717, 1.165) is 15.6 Å². The maximum Gasteiger partial charge on any atom is 0.295 e. The Hall–Kier alpha value is -2.90. The van der Waals surface area contributed by atoms with Crippen molar-refractivity contribution in [2.24, 2.45) is 0 Å². The van der Waals surface area contributed by atoms with Crippen LogP contribution in [0.2, 0.25) is 0 Å². The molecule has 156 valence electrons. The van der Waals surface area contributed by atoms with Crippen LogP contribution in [-0.2, 0) is 0 Å². The molecule has 2 aromatic carbocycles. The van der Waals surface area contributed by atoms with Crippen LogP contribution in [0, 0.1) is 6.92 Å². The molecule has 30 heavy (non-hydrogen) atoms. The van der Waals surface area contributed by atoms with Crippen molar-refractivity contribution >= 4 is 43.6 Å². The Morgan fingerprint density at radius 1 is 1.17 bits per heavy atom. The second kappa shape index (κ2) is 8.45. The Morgan fingerprint density at radius 3 is 2.77 bits per heavy atom. The molecule has 0 atom stereocenters. The molecule has 0 aliphatic heterocycles. The molecule has 0 saturated heterocycles. The minimum Gasteiger partial charge on any atom is -0.490 e. The topological polar surface area (TPSA) is 58.8 Å². The number of aromatic nitrogens is 1. The first-order valence-corrected chi connectivity index (χ1v) is 10.8. The molecule has 6 nitrogen and oxygen atoms in total. The summed E-state index contributed by atoms with van der Waals surface area (Å²) < 4.78 is 12.7. The summed E-state index contributed by atoms with van der Waals surface area (Å²) >= 11 is 1.52. The second-order valence-corrected chi connectivity index (χ2v) is 8.45. The van der Waals surface area contributed by atoms with Crippen LogP contribution < -0.4 is 9.64 Å². The average molecular weight is 424 g/mol. The summed E-state index contributed by atoms with van der Waals surface area (Å²) in [5, 5.41) is 1.52. The van der Waals surface area contributed by atoms with E-state index in [4.69, 9.17) is 14.1 Å². The van der Waals surface area contributed by atoms with Gasteiger partial charge >= 0.3 is 0 Å². The van der Waals surface area contributed by atoms with Gasteiger partial charge in [-0.2, -0.15) is 0 Å². The molecule has 2 aromatic heterocycles. The quantitative estimate of drug-likeness (QED) is 0.421. The van der Waals surface area contributed by atoms with Crippen molar-refractivity contribution in [2.75, 3.05) is 38.7 Å². The van der Waals surface area contributed by atoms with Gasteiger partial charge in [-0.3, -0.25) is 9.69 Å². The van der Waals surface area contributed by atoms with Gasteiger partial charge in [-0.15, -0.1) is 0 Å². The fraction of sp³-hybridized carbons (Fsp3) is 0.304. The number of furan rings is 1. The minimum atomic E-state index is -0.203. The molecule has 4 aromatic rings. The molecule has 1 amide bonds. The number of likely N-dealkylation sites (N-methyl/N-ethyl adjacent to an activating group) is 1. The molecular weight excluding hydrogens is 398 g/mol. The molecule has 4 rings (SSSR count). The van der Waals surface area contributed by atoms with Crippen molar-refractivity contribution in [1.29, 1.82) is 0 Å². The highest BCUT2D eigenvalue weighted by Gasteiger charge is 2.25. The van der Waals surface area contributed by atoms with Gasteiger partial charge in [0, 0.05) is 18.5 Å². The van der Waals surface area contributed by atoms with Crippen molar-refractivity contribution in [3.63, 3.8) is 0 Å². The van der Waals surface area contributed by atoms with Gasteiger partial charge in [0.15, 0.2) is 22.2 Å². The summed E-state index contributed by atoms with van der Waals surface area (Å²) in [7, 11) is 3.97. The van der Waals surface area contributed by atoms with Crippen LogP contribution in [-0.4, -0.2) is 49.6 Å². The number of benzene rings is 2. The predicted molar refractivity (Wildman–Crippen MR) is 122 cm³/mol. The lowest BCUT2D eigenvalue weighted by Crippen LogP contribution is -2.36. The fourth-order valence-electron chi connectivity index (χ4n) is 3.26. The van der Waals surface area contributed by atoms with Gasteiger partial charge in [0.05, 0.1) is 16.8 Å². The van der Waals surface area contributed by atoms with Crippen molar-refractivity contribution in [2.45, 2.75) is 13.8 Å². The largest absolute Gasteiger partial charge is 0.490 e. The van der Waals surface area contributed by atoms with Gasteiger partial charge in [-0.05, 0) is 57.8 Å². The van der Waals surface area contributed by atoms with E-state index in [0.29, 0.717) is 36.2 Å². The number of nitrogens with zero attached hydrogens (tertiary/aromatic N) is 3. The first-order valence-electron chi connectivity index (χ1n) is 9.95. The number of amides is 1. The Kier molecular flexibility index (Phi) is 5.74. The van der Waals surface area contributed by atoms with Crippen LogP contribution in [0.1, 0.15) is 23.0 Å². The SMILES string of the molecule is CCOc1cccc2cc(C(=O)N(CCN(C)C)c3nc4ccc(C)cc4s3)oc12. The normalized spacial score (nSPS) is 11.5. The Labute approximate surface area is 179 Å². The van der Waals surface area contributed by atoms with Crippen molar-refractivity contribution in [3.8, 4) is 5.75 Å². The molecule has 0 radical (unpaired) electrons. The van der Waals surface area contributed by atoms with Crippen LogP contribution in [0.25, 0.3) is 21.2 Å². The highest BCUT2D eigenvalue weighted by atomic mass is 32.1. The third-order valence-corrected chi connectivity index (χ3v) is 5.84. The summed E-state index contributed by atoms with van der Waals surface area (Å²) in [5.74, 6) is 0.724. The first kappa shape index (κ1) is 20.4. The van der Waals surface area contributed by atoms with Crippen LogP contribution in [0.5, 0.6) is 5.75 Å². The Morgan fingerprint density at radius 2 is 2.00 bits per heavy atom. The monoisotopic (exact) mass is 423 g/mol. The van der Waals surface area contributed by atoms with Gasteiger partial charge in [-0.1, -0.05) is 29.5 Å². The number of hydrogen-bond donors (Lipinski definition) is 0. The molecule has 0 bridgehead atoms. The number of carbonyl (C=O) groups excluding carboxylic acids is 1. The van der Waals surface area contributed by atoms with E-state index < -0.39 is 0 Å². The van der Waals surface area contributed by atoms with E-state index in [9.17, 15) is 4.79 Å². The Bertz CT molecular complexity index is 1200. The smallest absolute Gasteiger partial charge is 0.295 e. The molecule has 7 heteroatoms. The van der Waals surface area contributed by atoms with E-state index in [1.807, 2.05) is 56.3 Å². The average Bonchev–Trinajstić information content (AvgIpc) is 3.32. The number of carbonyl (C=O) groups is 1. The molecule has 0 unspecified atom stereocenters. The van der Waals surface area contributed by atoms with E-state index in [-0.39, 0.29) is 11.7 Å². The second-order valence-electron chi connectivity index (χ2n) is 7.45. The third kappa shape index (κ3) is 4.04.